The van der Waals surface area contributed by atoms with Gasteiger partial charge in [-0.05, 0) is 81.5 Å². The fraction of sp³-hybridized carbons (Fsp3) is 0.321. The van der Waals surface area contributed by atoms with Gasteiger partial charge in [0, 0.05) is 47.8 Å². The molecule has 2 aromatic carbocycles. The molecule has 1 fully saturated rings. The Hall–Kier alpha value is -2.88. The summed E-state index contributed by atoms with van der Waals surface area (Å²) >= 11 is 0. The molecular weight excluding hydrogens is 437 g/mol. The van der Waals surface area contributed by atoms with Crippen LogP contribution < -0.4 is 15.5 Å². The van der Waals surface area contributed by atoms with Crippen LogP contribution in [0.15, 0.2) is 66.9 Å². The summed E-state index contributed by atoms with van der Waals surface area (Å²) in [7, 11) is 4.19. The quantitative estimate of drug-likeness (QED) is 0.345. The summed E-state index contributed by atoms with van der Waals surface area (Å²) in [6.45, 7) is 6.82. The maximum absolute atomic E-state index is 4.60. The highest BCUT2D eigenvalue weighted by Gasteiger charge is 2.20. The van der Waals surface area contributed by atoms with Crippen molar-refractivity contribution in [1.29, 1.82) is 0 Å². The Bertz CT molecular complexity index is 1250. The van der Waals surface area contributed by atoms with Crippen molar-refractivity contribution in [3.63, 3.8) is 0 Å². The minimum atomic E-state index is -0.194. The lowest BCUT2D eigenvalue weighted by Gasteiger charge is -2.36. The van der Waals surface area contributed by atoms with Crippen LogP contribution in [0.2, 0.25) is 0 Å². The number of piperidine rings is 1. The lowest BCUT2D eigenvalue weighted by molar-refractivity contribution is 0.249. The van der Waals surface area contributed by atoms with Crippen LogP contribution in [0.1, 0.15) is 12.8 Å². The Balaban J connectivity index is 1.37. The van der Waals surface area contributed by atoms with Crippen LogP contribution in [0, 0.1) is 0 Å². The first-order valence-electron chi connectivity index (χ1n) is 12.0. The van der Waals surface area contributed by atoms with E-state index in [2.05, 4.69) is 113 Å². The molecule has 0 unspecified atom stereocenters. The van der Waals surface area contributed by atoms with E-state index in [1.807, 2.05) is 6.20 Å². The van der Waals surface area contributed by atoms with E-state index in [1.54, 1.807) is 0 Å². The molecule has 1 saturated heterocycles. The molecule has 1 aliphatic heterocycles. The second kappa shape index (κ2) is 9.77. The monoisotopic (exact) mass is 471 g/mol. The molecule has 5 rings (SSSR count). The first-order chi connectivity index (χ1) is 16.5. The van der Waals surface area contributed by atoms with E-state index in [0.29, 0.717) is 6.04 Å². The van der Waals surface area contributed by atoms with Gasteiger partial charge in [-0.3, -0.25) is 0 Å². The summed E-state index contributed by atoms with van der Waals surface area (Å²) in [5, 5.41) is 6.16. The molecule has 0 bridgehead atoms. The van der Waals surface area contributed by atoms with Gasteiger partial charge in [-0.15, -0.1) is 0 Å². The van der Waals surface area contributed by atoms with Crippen molar-refractivity contribution >= 4 is 41.3 Å². The van der Waals surface area contributed by atoms with Gasteiger partial charge >= 0.3 is 0 Å². The number of rotatable bonds is 6. The molecule has 6 heteroatoms. The second-order valence-electron chi connectivity index (χ2n) is 9.57. The van der Waals surface area contributed by atoms with E-state index >= 15 is 0 Å². The van der Waals surface area contributed by atoms with Gasteiger partial charge in [0.25, 0.3) is 0 Å². The third-order valence-electron chi connectivity index (χ3n) is 6.93. The summed E-state index contributed by atoms with van der Waals surface area (Å²) < 4.78 is 0. The Morgan fingerprint density at radius 1 is 0.971 bits per heavy atom. The molecule has 34 heavy (non-hydrogen) atoms. The van der Waals surface area contributed by atoms with Crippen molar-refractivity contribution < 1.29 is 0 Å². The molecule has 0 saturated carbocycles. The van der Waals surface area contributed by atoms with Crippen molar-refractivity contribution in [2.24, 2.45) is 0 Å². The number of pyridine rings is 1. The zero-order valence-electron chi connectivity index (χ0n) is 20.5. The van der Waals surface area contributed by atoms with E-state index in [-0.39, 0.29) is 7.92 Å². The standard InChI is InChI=1S/C28H34N5P/c1-32(2)21-14-17-33(18-15-21)22-11-9-20(10-12-22)26-19-23-24(13-16-29-28(23)31-26)30-25-7-5-6-8-27(25)34(3)4/h5-13,16,19,21H,14-15,17-18H2,1-4H3,(H2,29,30,31). The highest BCUT2D eigenvalue weighted by Crippen LogP contribution is 2.33. The molecule has 0 atom stereocenters. The van der Waals surface area contributed by atoms with E-state index in [9.17, 15) is 0 Å². The fourth-order valence-corrected chi connectivity index (χ4v) is 5.89. The maximum Gasteiger partial charge on any atom is 0.139 e. The topological polar surface area (TPSA) is 47.2 Å². The maximum atomic E-state index is 4.60. The smallest absolute Gasteiger partial charge is 0.139 e. The summed E-state index contributed by atoms with van der Waals surface area (Å²) in [6.07, 6.45) is 4.31. The Labute approximate surface area is 204 Å². The first-order valence-corrected chi connectivity index (χ1v) is 14.3. The second-order valence-corrected chi connectivity index (χ2v) is 11.8. The van der Waals surface area contributed by atoms with Gasteiger partial charge in [0.2, 0.25) is 0 Å². The number of hydrogen-bond acceptors (Lipinski definition) is 4. The first kappa shape index (κ1) is 22.9. The summed E-state index contributed by atoms with van der Waals surface area (Å²) in [4.78, 5) is 13.0. The van der Waals surface area contributed by atoms with Gasteiger partial charge in [-0.2, -0.15) is 0 Å². The number of nitrogens with zero attached hydrogens (tertiary/aromatic N) is 3. The number of anilines is 3. The van der Waals surface area contributed by atoms with Crippen LogP contribution in [-0.2, 0) is 0 Å². The van der Waals surface area contributed by atoms with Gasteiger partial charge in [0.1, 0.15) is 5.65 Å². The molecule has 2 aromatic heterocycles. The predicted octanol–water partition coefficient (Wildman–Crippen LogP) is 5.87. The lowest BCUT2D eigenvalue weighted by atomic mass is 10.0. The van der Waals surface area contributed by atoms with Crippen molar-refractivity contribution in [1.82, 2.24) is 14.9 Å². The summed E-state index contributed by atoms with van der Waals surface area (Å²) in [6, 6.07) is 22.5. The van der Waals surface area contributed by atoms with Gasteiger partial charge in [0.15, 0.2) is 0 Å². The molecule has 0 spiro atoms. The SMILES string of the molecule is CN(C)C1CCN(c2ccc(-c3cc4c(Nc5ccccc5P(C)C)ccnc4[nH]3)cc2)CC1. The highest BCUT2D eigenvalue weighted by molar-refractivity contribution is 7.64. The zero-order valence-corrected chi connectivity index (χ0v) is 21.4. The number of fused-ring (bicyclic) bond motifs is 1. The number of aromatic nitrogens is 2. The number of nitrogens with one attached hydrogen (secondary N) is 2. The molecule has 5 nitrogen and oxygen atoms in total. The molecule has 0 radical (unpaired) electrons. The predicted molar refractivity (Wildman–Crippen MR) is 149 cm³/mol. The average Bonchev–Trinajstić information content (AvgIpc) is 3.30. The zero-order chi connectivity index (χ0) is 23.7. The molecule has 2 N–H and O–H groups in total. The van der Waals surface area contributed by atoms with Crippen LogP contribution >= 0.6 is 7.92 Å². The number of hydrogen-bond donors (Lipinski definition) is 2. The van der Waals surface area contributed by atoms with E-state index in [0.717, 1.165) is 35.5 Å². The molecule has 176 valence electrons. The third-order valence-corrected chi connectivity index (χ3v) is 8.28. The van der Waals surface area contributed by atoms with Crippen LogP contribution in [0.3, 0.4) is 0 Å². The number of aromatic amines is 1. The van der Waals surface area contributed by atoms with Crippen molar-refractivity contribution in [2.75, 3.05) is 50.7 Å². The molecule has 4 aromatic rings. The average molecular weight is 472 g/mol. The van der Waals surface area contributed by atoms with Gasteiger partial charge in [0.05, 0.1) is 5.69 Å². The summed E-state index contributed by atoms with van der Waals surface area (Å²) in [5.74, 6) is 0. The fourth-order valence-electron chi connectivity index (χ4n) is 4.90. The normalized spacial score (nSPS) is 14.9. The minimum absolute atomic E-state index is 0.194. The Morgan fingerprint density at radius 3 is 2.41 bits per heavy atom. The Morgan fingerprint density at radius 2 is 1.71 bits per heavy atom. The van der Waals surface area contributed by atoms with Gasteiger partial charge in [-0.1, -0.05) is 38.3 Å². The minimum Gasteiger partial charge on any atom is -0.371 e. The largest absolute Gasteiger partial charge is 0.371 e. The van der Waals surface area contributed by atoms with Gasteiger partial charge in [-0.25, -0.2) is 4.98 Å². The van der Waals surface area contributed by atoms with Gasteiger partial charge < -0.3 is 20.1 Å². The van der Waals surface area contributed by atoms with Crippen LogP contribution in [0.5, 0.6) is 0 Å². The van der Waals surface area contributed by atoms with E-state index in [4.69, 9.17) is 0 Å². The third kappa shape index (κ3) is 4.68. The van der Waals surface area contributed by atoms with Crippen molar-refractivity contribution in [2.45, 2.75) is 18.9 Å². The van der Waals surface area contributed by atoms with E-state index in [1.165, 1.54) is 35.1 Å². The van der Waals surface area contributed by atoms with Crippen molar-refractivity contribution in [3.8, 4) is 11.3 Å². The van der Waals surface area contributed by atoms with Crippen molar-refractivity contribution in [3.05, 3.63) is 66.9 Å². The molecule has 3 heterocycles. The molecule has 0 aliphatic carbocycles. The van der Waals surface area contributed by atoms with Crippen LogP contribution in [0.4, 0.5) is 17.1 Å². The number of benzene rings is 2. The molecule has 0 amide bonds. The number of H-pyrrole nitrogens is 1. The lowest BCUT2D eigenvalue weighted by Crippen LogP contribution is -2.41. The van der Waals surface area contributed by atoms with E-state index < -0.39 is 0 Å². The Kier molecular flexibility index (Phi) is 6.58. The highest BCUT2D eigenvalue weighted by atomic mass is 31.1. The van der Waals surface area contributed by atoms with Crippen LogP contribution in [-0.4, -0.2) is 61.4 Å². The van der Waals surface area contributed by atoms with Crippen LogP contribution in [0.25, 0.3) is 22.3 Å². The molecular formula is C28H34N5P. The number of para-hydroxylation sites is 1. The molecule has 1 aliphatic rings. The summed E-state index contributed by atoms with van der Waals surface area (Å²) in [5.41, 5.74) is 6.75.